The van der Waals surface area contributed by atoms with Gasteiger partial charge in [0, 0.05) is 12.3 Å². The van der Waals surface area contributed by atoms with Gasteiger partial charge in [0.1, 0.15) is 29.8 Å². The zero-order chi connectivity index (χ0) is 35.9. The third-order valence-corrected chi connectivity index (χ3v) is 8.62. The first-order valence-electron chi connectivity index (χ1n) is 15.4. The molecule has 3 aromatic carbocycles. The van der Waals surface area contributed by atoms with E-state index in [1.807, 2.05) is 30.3 Å². The van der Waals surface area contributed by atoms with Crippen molar-refractivity contribution in [1.82, 2.24) is 9.55 Å². The van der Waals surface area contributed by atoms with Crippen LogP contribution in [-0.4, -0.2) is 77.6 Å². The Morgan fingerprint density at radius 1 is 0.940 bits per heavy atom. The molecule has 0 amide bonds. The predicted octanol–water partition coefficient (Wildman–Crippen LogP) is 2.50. The van der Waals surface area contributed by atoms with Crippen LogP contribution in [0.25, 0.3) is 0 Å². The highest BCUT2D eigenvalue weighted by molar-refractivity contribution is 7.32. The molecular formula is C34H37N2O13P. The van der Waals surface area contributed by atoms with Crippen LogP contribution in [0.2, 0.25) is 0 Å². The number of hydrogen-bond acceptors (Lipinski definition) is 12. The van der Waals surface area contributed by atoms with Crippen LogP contribution < -0.4 is 20.7 Å². The molecule has 266 valence electrons. The van der Waals surface area contributed by atoms with Crippen molar-refractivity contribution in [2.24, 2.45) is 0 Å². The Kier molecular flexibility index (Phi) is 11.7. The molecule has 2 heterocycles. The van der Waals surface area contributed by atoms with Crippen molar-refractivity contribution in [3.63, 3.8) is 0 Å². The Labute approximate surface area is 286 Å². The number of esters is 1. The summed E-state index contributed by atoms with van der Waals surface area (Å²) in [6, 6.07) is 24.4. The first kappa shape index (κ1) is 36.7. The topological polar surface area (TPSA) is 194 Å². The van der Waals surface area contributed by atoms with Crippen LogP contribution >= 0.6 is 8.25 Å². The maximum absolute atomic E-state index is 12.9. The normalized spacial score (nSPS) is 21.0. The number of hydrogen-bond donors (Lipinski definition) is 3. The second kappa shape index (κ2) is 16.0. The number of ether oxygens (including phenoxy) is 6. The minimum Gasteiger partial charge on any atom is -0.497 e. The van der Waals surface area contributed by atoms with E-state index in [0.717, 1.165) is 16.8 Å². The molecule has 1 aliphatic heterocycles. The Morgan fingerprint density at radius 2 is 1.52 bits per heavy atom. The van der Waals surface area contributed by atoms with Gasteiger partial charge in [0.05, 0.1) is 27.4 Å². The highest BCUT2D eigenvalue weighted by Gasteiger charge is 2.61. The van der Waals surface area contributed by atoms with Gasteiger partial charge in [-0.2, -0.15) is 0 Å². The van der Waals surface area contributed by atoms with Crippen LogP contribution in [-0.2, 0) is 38.4 Å². The van der Waals surface area contributed by atoms with Gasteiger partial charge in [-0.25, -0.2) is 9.59 Å². The molecule has 16 heteroatoms. The Balaban J connectivity index is 1.64. The summed E-state index contributed by atoms with van der Waals surface area (Å²) in [4.78, 5) is 49.2. The number of carbonyl (C=O) groups excluding carboxylic acids is 1. The largest absolute Gasteiger partial charge is 0.497 e. The molecule has 0 bridgehead atoms. The second-order valence-corrected chi connectivity index (χ2v) is 11.7. The summed E-state index contributed by atoms with van der Waals surface area (Å²) in [7, 11) is -0.864. The summed E-state index contributed by atoms with van der Waals surface area (Å²) in [5.74, 6) is -2.46. The van der Waals surface area contributed by atoms with E-state index >= 15 is 0 Å². The third-order valence-electron chi connectivity index (χ3n) is 8.12. The van der Waals surface area contributed by atoms with Crippen LogP contribution in [0.15, 0.2) is 101 Å². The van der Waals surface area contributed by atoms with Crippen LogP contribution in [0.1, 0.15) is 29.8 Å². The van der Waals surface area contributed by atoms with Gasteiger partial charge in [-0.1, -0.05) is 54.6 Å². The van der Waals surface area contributed by atoms with Crippen molar-refractivity contribution in [3.8, 4) is 11.5 Å². The number of rotatable bonds is 15. The smallest absolute Gasteiger partial charge is 0.332 e. The Hall–Kier alpha value is -4.60. The van der Waals surface area contributed by atoms with Gasteiger partial charge in [0.2, 0.25) is 5.79 Å². The van der Waals surface area contributed by atoms with E-state index in [0.29, 0.717) is 28.2 Å². The highest BCUT2D eigenvalue weighted by Crippen LogP contribution is 2.47. The molecule has 50 heavy (non-hydrogen) atoms. The van der Waals surface area contributed by atoms with Crippen molar-refractivity contribution in [2.75, 3.05) is 34.0 Å². The van der Waals surface area contributed by atoms with Crippen LogP contribution in [0, 0.1) is 0 Å². The molecule has 3 N–H and O–H groups in total. The average Bonchev–Trinajstić information content (AvgIpc) is 3.38. The molecule has 15 nitrogen and oxygen atoms in total. The SMILES string of the molecule is CCOC(=O)CO[C@H]1[C@H](n2ccc(=O)[nH]c2=O)O[C@H](COC(c2ccccc2)(c2ccc(OC)cc2)c2ccc(OC)cc2)[C@@]1(O)O[PH](=O)O. The van der Waals surface area contributed by atoms with Gasteiger partial charge in [-0.15, -0.1) is 0 Å². The van der Waals surface area contributed by atoms with E-state index in [1.54, 1.807) is 55.5 Å². The standard InChI is InChI=1S/C34H37N2O13P/c1-4-45-29(38)21-46-30-31(36-19-18-28(37)35-32(36)39)48-27(34(30,40)49-50(41)42)20-47-33(22-8-6-5-7-9-22,23-10-14-25(43-2)15-11-23)24-12-16-26(44-3)17-13-24/h5-19,27,30-31,40,50H,4,20-21H2,1-3H3,(H,41,42)(H,35,37,39)/t27-,30+,31-,34-/m1/s1. The lowest BCUT2D eigenvalue weighted by Crippen LogP contribution is -2.53. The minimum absolute atomic E-state index is 0.0199. The number of benzene rings is 3. The molecular weight excluding hydrogens is 675 g/mol. The molecule has 0 saturated carbocycles. The lowest BCUT2D eigenvalue weighted by molar-refractivity contribution is -0.234. The van der Waals surface area contributed by atoms with Crippen molar-refractivity contribution in [2.45, 2.75) is 36.7 Å². The van der Waals surface area contributed by atoms with Gasteiger partial charge in [0.15, 0.2) is 12.3 Å². The van der Waals surface area contributed by atoms with Gasteiger partial charge in [0.25, 0.3) is 5.56 Å². The third kappa shape index (κ3) is 7.59. The zero-order valence-electron chi connectivity index (χ0n) is 27.3. The van der Waals surface area contributed by atoms with Crippen molar-refractivity contribution >= 4 is 14.2 Å². The summed E-state index contributed by atoms with van der Waals surface area (Å²) in [6.45, 7) is 0.292. The zero-order valence-corrected chi connectivity index (χ0v) is 28.3. The van der Waals surface area contributed by atoms with E-state index in [2.05, 4.69) is 4.98 Å². The molecule has 0 spiro atoms. The summed E-state index contributed by atoms with van der Waals surface area (Å²) >= 11 is 0. The number of aromatic nitrogens is 2. The van der Waals surface area contributed by atoms with Gasteiger partial charge < -0.3 is 38.4 Å². The number of aromatic amines is 1. The molecule has 0 aliphatic carbocycles. The van der Waals surface area contributed by atoms with Gasteiger partial charge >= 0.3 is 19.9 Å². The maximum Gasteiger partial charge on any atom is 0.332 e. The summed E-state index contributed by atoms with van der Waals surface area (Å²) < 4.78 is 52.8. The number of carbonyl (C=O) groups is 1. The lowest BCUT2D eigenvalue weighted by atomic mass is 9.80. The number of methoxy groups -OCH3 is 2. The van der Waals surface area contributed by atoms with Crippen LogP contribution in [0.3, 0.4) is 0 Å². The fraction of sp³-hybridized carbons (Fsp3) is 0.324. The first-order valence-corrected chi connectivity index (χ1v) is 16.7. The first-order chi connectivity index (χ1) is 24.0. The number of H-pyrrole nitrogens is 1. The molecule has 0 radical (unpaired) electrons. The Bertz CT molecular complexity index is 1830. The van der Waals surface area contributed by atoms with E-state index < -0.39 is 68.5 Å². The van der Waals surface area contributed by atoms with Gasteiger partial charge in [-0.05, 0) is 47.9 Å². The van der Waals surface area contributed by atoms with Crippen molar-refractivity contribution < 1.29 is 52.3 Å². The summed E-state index contributed by atoms with van der Waals surface area (Å²) in [6.07, 6.45) is -3.94. The van der Waals surface area contributed by atoms with Crippen LogP contribution in [0.5, 0.6) is 11.5 Å². The van der Waals surface area contributed by atoms with E-state index in [4.69, 9.17) is 32.9 Å². The fourth-order valence-corrected chi connectivity index (χ4v) is 6.35. The molecule has 5 atom stereocenters. The van der Waals surface area contributed by atoms with Crippen molar-refractivity contribution in [3.05, 3.63) is 129 Å². The molecule has 1 saturated heterocycles. The maximum atomic E-state index is 12.9. The van der Waals surface area contributed by atoms with Gasteiger partial charge in [-0.3, -0.25) is 23.4 Å². The molecule has 4 aromatic rings. The van der Waals surface area contributed by atoms with Crippen LogP contribution in [0.4, 0.5) is 0 Å². The van der Waals surface area contributed by atoms with E-state index in [1.165, 1.54) is 14.2 Å². The van der Waals surface area contributed by atoms with E-state index in [-0.39, 0.29) is 6.61 Å². The highest BCUT2D eigenvalue weighted by atomic mass is 31.1. The summed E-state index contributed by atoms with van der Waals surface area (Å²) in [5.41, 5.74) is -1.21. The molecule has 5 rings (SSSR count). The molecule has 1 unspecified atom stereocenters. The average molecular weight is 713 g/mol. The van der Waals surface area contributed by atoms with Crippen molar-refractivity contribution in [1.29, 1.82) is 0 Å². The molecule has 1 fully saturated rings. The lowest BCUT2D eigenvalue weighted by Gasteiger charge is -2.38. The fourth-order valence-electron chi connectivity index (χ4n) is 5.82. The summed E-state index contributed by atoms with van der Waals surface area (Å²) in [5, 5.41) is 12.1. The second-order valence-electron chi connectivity index (χ2n) is 11.0. The van der Waals surface area contributed by atoms with E-state index in [9.17, 15) is 28.9 Å². The number of nitrogens with one attached hydrogen (secondary N) is 1. The monoisotopic (exact) mass is 712 g/mol. The molecule has 1 aliphatic rings. The molecule has 1 aromatic heterocycles. The minimum atomic E-state index is -3.94. The predicted molar refractivity (Wildman–Crippen MR) is 177 cm³/mol. The number of nitrogens with zero attached hydrogens (tertiary/aromatic N) is 1. The Morgan fingerprint density at radius 3 is 2.04 bits per heavy atom. The quantitative estimate of drug-likeness (QED) is 0.0705. The number of aliphatic hydroxyl groups is 1.